The Morgan fingerprint density at radius 1 is 1.48 bits per heavy atom. The number of hydrogen-bond acceptors (Lipinski definition) is 4. The topological polar surface area (TPSA) is 38.7 Å². The minimum atomic E-state index is -0.504. The summed E-state index contributed by atoms with van der Waals surface area (Å²) in [6, 6.07) is 6.05. The number of rotatable bonds is 3. The van der Waals surface area contributed by atoms with Gasteiger partial charge in [-0.05, 0) is 38.2 Å². The van der Waals surface area contributed by atoms with Crippen molar-refractivity contribution in [2.75, 3.05) is 18.1 Å². The van der Waals surface area contributed by atoms with E-state index in [1.165, 1.54) is 5.75 Å². The van der Waals surface area contributed by atoms with Crippen molar-refractivity contribution in [2.45, 2.75) is 50.9 Å². The number of ether oxygens (including phenoxy) is 2. The maximum atomic E-state index is 9.96. The Morgan fingerprint density at radius 3 is 3.05 bits per heavy atom. The van der Waals surface area contributed by atoms with E-state index in [9.17, 15) is 5.11 Å². The molecule has 21 heavy (non-hydrogen) atoms. The van der Waals surface area contributed by atoms with E-state index in [0.717, 1.165) is 48.5 Å². The fraction of sp³-hybridized carbons (Fsp3) is 0.647. The van der Waals surface area contributed by atoms with Gasteiger partial charge in [0.05, 0.1) is 18.3 Å². The Labute approximate surface area is 131 Å². The predicted octanol–water partition coefficient (Wildman–Crippen LogP) is 3.48. The van der Waals surface area contributed by atoms with Crippen molar-refractivity contribution in [1.29, 1.82) is 0 Å². The zero-order chi connectivity index (χ0) is 14.9. The van der Waals surface area contributed by atoms with Gasteiger partial charge in [0, 0.05) is 24.2 Å². The Kier molecular flexibility index (Phi) is 4.48. The largest absolute Gasteiger partial charge is 0.490 e. The molecule has 4 heteroatoms. The van der Waals surface area contributed by atoms with Gasteiger partial charge >= 0.3 is 0 Å². The summed E-state index contributed by atoms with van der Waals surface area (Å²) in [5, 5.41) is 9.96. The van der Waals surface area contributed by atoms with E-state index in [2.05, 4.69) is 0 Å². The van der Waals surface area contributed by atoms with Gasteiger partial charge in [-0.25, -0.2) is 0 Å². The summed E-state index contributed by atoms with van der Waals surface area (Å²) >= 11 is 1.98. The van der Waals surface area contributed by atoms with Crippen LogP contribution in [0.15, 0.2) is 18.2 Å². The van der Waals surface area contributed by atoms with E-state index in [1.54, 1.807) is 6.92 Å². The molecule has 1 aromatic rings. The molecule has 2 aliphatic rings. The number of benzene rings is 1. The van der Waals surface area contributed by atoms with E-state index >= 15 is 0 Å². The van der Waals surface area contributed by atoms with E-state index in [1.807, 2.05) is 36.9 Å². The van der Waals surface area contributed by atoms with Crippen LogP contribution in [0.2, 0.25) is 0 Å². The van der Waals surface area contributed by atoms with Gasteiger partial charge in [-0.2, -0.15) is 11.8 Å². The number of thioether (sulfide) groups is 1. The summed E-state index contributed by atoms with van der Waals surface area (Å²) in [5.41, 5.74) is 2.06. The molecular weight excluding hydrogens is 284 g/mol. The molecule has 3 rings (SSSR count). The molecule has 2 fully saturated rings. The van der Waals surface area contributed by atoms with E-state index in [0.29, 0.717) is 0 Å². The molecule has 0 aromatic heterocycles. The van der Waals surface area contributed by atoms with Crippen LogP contribution in [0.5, 0.6) is 5.75 Å². The van der Waals surface area contributed by atoms with Gasteiger partial charge in [-0.1, -0.05) is 11.6 Å². The zero-order valence-corrected chi connectivity index (χ0v) is 13.6. The lowest BCUT2D eigenvalue weighted by atomic mass is 9.91. The highest BCUT2D eigenvalue weighted by Crippen LogP contribution is 2.40. The number of aliphatic hydroxyl groups excluding tert-OH is 1. The second-order valence-corrected chi connectivity index (χ2v) is 7.39. The third-order valence-electron chi connectivity index (χ3n) is 4.42. The molecule has 0 bridgehead atoms. The van der Waals surface area contributed by atoms with Crippen LogP contribution in [0.25, 0.3) is 0 Å². The highest BCUT2D eigenvalue weighted by atomic mass is 32.2. The molecule has 2 saturated heterocycles. The number of aryl methyl sites for hydroxylation is 1. The Morgan fingerprint density at radius 2 is 2.33 bits per heavy atom. The molecule has 2 aliphatic heterocycles. The van der Waals surface area contributed by atoms with Gasteiger partial charge in [0.25, 0.3) is 0 Å². The standard InChI is InChI=1S/C17H24O3S/c1-12-3-4-16(15(9-12)13(2)18)20-14-5-7-19-17(10-14)6-8-21-11-17/h3-4,9,13-14,18H,5-8,10-11H2,1-2H3/t13-,14?,17?/m0/s1. The zero-order valence-electron chi connectivity index (χ0n) is 12.8. The van der Waals surface area contributed by atoms with Crippen LogP contribution in [-0.4, -0.2) is 34.9 Å². The van der Waals surface area contributed by atoms with Crippen molar-refractivity contribution in [3.8, 4) is 5.75 Å². The third kappa shape index (κ3) is 3.38. The maximum absolute atomic E-state index is 9.96. The summed E-state index contributed by atoms with van der Waals surface area (Å²) < 4.78 is 12.3. The third-order valence-corrected chi connectivity index (χ3v) is 5.65. The predicted molar refractivity (Wildman–Crippen MR) is 86.1 cm³/mol. The molecular formula is C17H24O3S. The molecule has 3 nitrogen and oxygen atoms in total. The monoisotopic (exact) mass is 308 g/mol. The first-order chi connectivity index (χ1) is 10.1. The summed E-state index contributed by atoms with van der Waals surface area (Å²) in [4.78, 5) is 0. The fourth-order valence-electron chi connectivity index (χ4n) is 3.23. The first kappa shape index (κ1) is 15.2. The molecule has 3 atom stereocenters. The van der Waals surface area contributed by atoms with E-state index < -0.39 is 6.10 Å². The Bertz CT molecular complexity index is 495. The van der Waals surface area contributed by atoms with Gasteiger partial charge in [0.2, 0.25) is 0 Å². The van der Waals surface area contributed by atoms with Crippen LogP contribution in [0.4, 0.5) is 0 Å². The molecule has 1 N–H and O–H groups in total. The molecule has 0 amide bonds. The van der Waals surface area contributed by atoms with Crippen LogP contribution in [-0.2, 0) is 4.74 Å². The summed E-state index contributed by atoms with van der Waals surface area (Å²) in [6.45, 7) is 4.61. The van der Waals surface area contributed by atoms with Gasteiger partial charge in [-0.3, -0.25) is 0 Å². The smallest absolute Gasteiger partial charge is 0.125 e. The summed E-state index contributed by atoms with van der Waals surface area (Å²) in [7, 11) is 0. The second-order valence-electron chi connectivity index (χ2n) is 6.28. The average molecular weight is 308 g/mol. The first-order valence-electron chi connectivity index (χ1n) is 7.75. The molecule has 2 heterocycles. The minimum Gasteiger partial charge on any atom is -0.490 e. The lowest BCUT2D eigenvalue weighted by molar-refractivity contribution is -0.0961. The lowest BCUT2D eigenvalue weighted by Crippen LogP contribution is -2.43. The molecule has 116 valence electrons. The van der Waals surface area contributed by atoms with Crippen molar-refractivity contribution in [2.24, 2.45) is 0 Å². The van der Waals surface area contributed by atoms with Crippen molar-refractivity contribution in [3.05, 3.63) is 29.3 Å². The van der Waals surface area contributed by atoms with Gasteiger partial charge in [-0.15, -0.1) is 0 Å². The highest BCUT2D eigenvalue weighted by Gasteiger charge is 2.41. The highest BCUT2D eigenvalue weighted by molar-refractivity contribution is 7.99. The van der Waals surface area contributed by atoms with Gasteiger partial charge < -0.3 is 14.6 Å². The Balaban J connectivity index is 1.74. The van der Waals surface area contributed by atoms with Crippen LogP contribution in [0.3, 0.4) is 0 Å². The Hall–Kier alpha value is -0.710. The van der Waals surface area contributed by atoms with Crippen LogP contribution >= 0.6 is 11.8 Å². The normalized spacial score (nSPS) is 30.5. The maximum Gasteiger partial charge on any atom is 0.125 e. The quantitative estimate of drug-likeness (QED) is 0.928. The van der Waals surface area contributed by atoms with Gasteiger partial charge in [0.1, 0.15) is 11.9 Å². The van der Waals surface area contributed by atoms with Crippen molar-refractivity contribution in [3.63, 3.8) is 0 Å². The lowest BCUT2D eigenvalue weighted by Gasteiger charge is -2.38. The van der Waals surface area contributed by atoms with Crippen molar-refractivity contribution in [1.82, 2.24) is 0 Å². The van der Waals surface area contributed by atoms with Crippen LogP contribution in [0.1, 0.15) is 43.4 Å². The van der Waals surface area contributed by atoms with E-state index in [-0.39, 0.29) is 11.7 Å². The molecule has 0 saturated carbocycles. The number of aliphatic hydroxyl groups is 1. The number of hydrogen-bond donors (Lipinski definition) is 1. The van der Waals surface area contributed by atoms with E-state index in [4.69, 9.17) is 9.47 Å². The summed E-state index contributed by atoms with van der Waals surface area (Å²) in [5.74, 6) is 3.10. The first-order valence-corrected chi connectivity index (χ1v) is 8.90. The molecule has 0 radical (unpaired) electrons. The van der Waals surface area contributed by atoms with Crippen LogP contribution < -0.4 is 4.74 Å². The fourth-order valence-corrected chi connectivity index (χ4v) is 4.61. The summed E-state index contributed by atoms with van der Waals surface area (Å²) in [6.07, 6.45) is 2.72. The molecule has 2 unspecified atom stereocenters. The SMILES string of the molecule is Cc1ccc(OC2CCOC3(CCSC3)C2)c([C@H](C)O)c1. The second kappa shape index (κ2) is 6.19. The van der Waals surface area contributed by atoms with Crippen LogP contribution in [0, 0.1) is 6.92 Å². The van der Waals surface area contributed by atoms with Crippen molar-refractivity contribution < 1.29 is 14.6 Å². The minimum absolute atomic E-state index is 0.0310. The molecule has 1 spiro atoms. The average Bonchev–Trinajstić information content (AvgIpc) is 2.88. The molecule has 0 aliphatic carbocycles. The molecule has 1 aromatic carbocycles. The van der Waals surface area contributed by atoms with Gasteiger partial charge in [0.15, 0.2) is 0 Å². The van der Waals surface area contributed by atoms with Crippen molar-refractivity contribution >= 4 is 11.8 Å².